The molecule has 1 aromatic carbocycles. The molecule has 0 spiro atoms. The van der Waals surface area contributed by atoms with E-state index in [1.807, 2.05) is 0 Å². The zero-order valence-electron chi connectivity index (χ0n) is 17.1. The molecule has 0 atom stereocenters. The van der Waals surface area contributed by atoms with Gasteiger partial charge in [0.25, 0.3) is 0 Å². The van der Waals surface area contributed by atoms with Crippen LogP contribution < -0.4 is 10.2 Å². The third kappa shape index (κ3) is 4.68. The number of amides is 2. The Morgan fingerprint density at radius 2 is 1.77 bits per heavy atom. The smallest absolute Gasteiger partial charge is 0.243 e. The van der Waals surface area contributed by atoms with Crippen molar-refractivity contribution in [3.05, 3.63) is 18.2 Å². The highest BCUT2D eigenvalue weighted by molar-refractivity contribution is 8.00. The van der Waals surface area contributed by atoms with E-state index in [1.54, 1.807) is 18.2 Å². The summed E-state index contributed by atoms with van der Waals surface area (Å²) < 4.78 is 27.4. The Bertz CT molecular complexity index is 905. The van der Waals surface area contributed by atoms with Crippen molar-refractivity contribution < 1.29 is 18.0 Å². The number of carbonyl (C=O) groups is 2. The van der Waals surface area contributed by atoms with Crippen molar-refractivity contribution in [2.75, 3.05) is 30.3 Å². The molecular formula is C21H29N3O4S2. The third-order valence-electron chi connectivity index (χ3n) is 6.10. The quantitative estimate of drug-likeness (QED) is 0.696. The van der Waals surface area contributed by atoms with Gasteiger partial charge in [-0.25, -0.2) is 8.42 Å². The predicted octanol–water partition coefficient (Wildman–Crippen LogP) is 2.75. The zero-order chi connectivity index (χ0) is 21.1. The average molecular weight is 452 g/mol. The van der Waals surface area contributed by atoms with Crippen molar-refractivity contribution in [1.29, 1.82) is 0 Å². The minimum Gasteiger partial charge on any atom is -0.352 e. The molecule has 0 radical (unpaired) electrons. The number of nitrogens with one attached hydrogen (secondary N) is 1. The van der Waals surface area contributed by atoms with Gasteiger partial charge in [-0.2, -0.15) is 4.31 Å². The Kier molecular flexibility index (Phi) is 6.69. The molecule has 1 N–H and O–H groups in total. The number of sulfonamides is 1. The van der Waals surface area contributed by atoms with Crippen molar-refractivity contribution in [2.24, 2.45) is 0 Å². The van der Waals surface area contributed by atoms with Crippen molar-refractivity contribution in [3.63, 3.8) is 0 Å². The Morgan fingerprint density at radius 1 is 1.07 bits per heavy atom. The van der Waals surface area contributed by atoms with Crippen LogP contribution in [0.1, 0.15) is 51.4 Å². The van der Waals surface area contributed by atoms with Crippen LogP contribution in [0.2, 0.25) is 0 Å². The van der Waals surface area contributed by atoms with Crippen LogP contribution in [0.25, 0.3) is 0 Å². The molecule has 1 saturated heterocycles. The van der Waals surface area contributed by atoms with E-state index >= 15 is 0 Å². The van der Waals surface area contributed by atoms with Crippen LogP contribution in [0.5, 0.6) is 0 Å². The molecular weight excluding hydrogens is 422 g/mol. The van der Waals surface area contributed by atoms with Crippen LogP contribution in [0, 0.1) is 0 Å². The van der Waals surface area contributed by atoms with Gasteiger partial charge in [-0.05, 0) is 43.9 Å². The molecule has 7 nitrogen and oxygen atoms in total. The highest BCUT2D eigenvalue weighted by atomic mass is 32.2. The van der Waals surface area contributed by atoms with Crippen LogP contribution in [0.4, 0.5) is 5.69 Å². The van der Waals surface area contributed by atoms with Crippen LogP contribution in [-0.4, -0.2) is 56.0 Å². The topological polar surface area (TPSA) is 86.8 Å². The standard InChI is InChI=1S/C21H29N3O4S2/c25-20(22-16-7-3-1-2-4-8-16)14-24-18-13-17(9-10-19(18)29-15-21(24)26)30(27,28)23-11-5-6-12-23/h9-10,13,16H,1-8,11-12,14-15H2,(H,22,25). The highest BCUT2D eigenvalue weighted by Crippen LogP contribution is 2.37. The summed E-state index contributed by atoms with van der Waals surface area (Å²) in [6.07, 6.45) is 8.33. The summed E-state index contributed by atoms with van der Waals surface area (Å²) in [5.74, 6) is -0.0952. The van der Waals surface area contributed by atoms with Crippen LogP contribution >= 0.6 is 11.8 Å². The first-order chi connectivity index (χ1) is 14.4. The molecule has 30 heavy (non-hydrogen) atoms. The van der Waals surface area contributed by atoms with E-state index in [-0.39, 0.29) is 35.0 Å². The largest absolute Gasteiger partial charge is 0.352 e. The molecule has 0 bridgehead atoms. The molecule has 2 heterocycles. The number of hydrogen-bond acceptors (Lipinski definition) is 5. The zero-order valence-corrected chi connectivity index (χ0v) is 18.8. The maximum absolute atomic E-state index is 13.0. The summed E-state index contributed by atoms with van der Waals surface area (Å²) in [4.78, 5) is 27.8. The summed E-state index contributed by atoms with van der Waals surface area (Å²) in [5.41, 5.74) is 0.521. The fourth-order valence-electron chi connectivity index (χ4n) is 4.43. The highest BCUT2D eigenvalue weighted by Gasteiger charge is 2.32. The van der Waals surface area contributed by atoms with E-state index in [0.717, 1.165) is 43.4 Å². The van der Waals surface area contributed by atoms with E-state index < -0.39 is 10.0 Å². The second-order valence-electron chi connectivity index (χ2n) is 8.27. The monoisotopic (exact) mass is 451 g/mol. The average Bonchev–Trinajstić information content (AvgIpc) is 3.17. The van der Waals surface area contributed by atoms with Gasteiger partial charge in [0.2, 0.25) is 21.8 Å². The van der Waals surface area contributed by atoms with Gasteiger partial charge in [0, 0.05) is 24.0 Å². The van der Waals surface area contributed by atoms with Gasteiger partial charge in [-0.3, -0.25) is 9.59 Å². The molecule has 3 aliphatic rings. The lowest BCUT2D eigenvalue weighted by Gasteiger charge is -2.30. The minimum absolute atomic E-state index is 0.0733. The van der Waals surface area contributed by atoms with E-state index in [1.165, 1.54) is 33.8 Å². The summed E-state index contributed by atoms with van der Waals surface area (Å²) in [6.45, 7) is 0.983. The lowest BCUT2D eigenvalue weighted by molar-refractivity contribution is -0.123. The Labute approximate surface area is 182 Å². The molecule has 9 heteroatoms. The number of fused-ring (bicyclic) bond motifs is 1. The molecule has 1 aromatic rings. The number of carbonyl (C=O) groups excluding carboxylic acids is 2. The van der Waals surface area contributed by atoms with Crippen molar-refractivity contribution in [2.45, 2.75) is 67.2 Å². The van der Waals surface area contributed by atoms with Gasteiger partial charge in [-0.15, -0.1) is 11.8 Å². The number of benzene rings is 1. The number of nitrogens with zero attached hydrogens (tertiary/aromatic N) is 2. The van der Waals surface area contributed by atoms with Crippen molar-refractivity contribution >= 4 is 39.3 Å². The van der Waals surface area contributed by atoms with Crippen LogP contribution in [0.3, 0.4) is 0 Å². The lowest BCUT2D eigenvalue weighted by atomic mass is 10.1. The van der Waals surface area contributed by atoms with Gasteiger partial charge in [0.1, 0.15) is 6.54 Å². The predicted molar refractivity (Wildman–Crippen MR) is 117 cm³/mol. The second-order valence-corrected chi connectivity index (χ2v) is 11.2. The van der Waals surface area contributed by atoms with Gasteiger partial charge < -0.3 is 10.2 Å². The molecule has 1 saturated carbocycles. The number of anilines is 1. The molecule has 2 fully saturated rings. The SMILES string of the molecule is O=C(CN1C(=O)CSc2ccc(S(=O)(=O)N3CCCC3)cc21)NC1CCCCCC1. The first kappa shape index (κ1) is 21.6. The maximum Gasteiger partial charge on any atom is 0.243 e. The molecule has 2 amide bonds. The van der Waals surface area contributed by atoms with E-state index in [0.29, 0.717) is 18.8 Å². The van der Waals surface area contributed by atoms with Crippen LogP contribution in [0.15, 0.2) is 28.0 Å². The van der Waals surface area contributed by atoms with E-state index in [2.05, 4.69) is 5.32 Å². The Hall–Kier alpha value is -1.58. The van der Waals surface area contributed by atoms with E-state index in [9.17, 15) is 18.0 Å². The lowest BCUT2D eigenvalue weighted by Crippen LogP contribution is -2.46. The van der Waals surface area contributed by atoms with Gasteiger partial charge in [-0.1, -0.05) is 25.7 Å². The normalized spacial score (nSPS) is 21.3. The molecule has 164 valence electrons. The summed E-state index contributed by atoms with van der Waals surface area (Å²) >= 11 is 1.39. The number of hydrogen-bond donors (Lipinski definition) is 1. The Morgan fingerprint density at radius 3 is 2.47 bits per heavy atom. The first-order valence-corrected chi connectivity index (χ1v) is 13.2. The Balaban J connectivity index is 1.53. The van der Waals surface area contributed by atoms with Crippen LogP contribution in [-0.2, 0) is 19.6 Å². The van der Waals surface area contributed by atoms with E-state index in [4.69, 9.17) is 0 Å². The van der Waals surface area contributed by atoms with Gasteiger partial charge in [0.05, 0.1) is 16.3 Å². The molecule has 0 aromatic heterocycles. The third-order valence-corrected chi connectivity index (χ3v) is 9.04. The summed E-state index contributed by atoms with van der Waals surface area (Å²) in [5, 5.41) is 3.08. The molecule has 4 rings (SSSR count). The summed E-state index contributed by atoms with van der Waals surface area (Å²) in [6, 6.07) is 5.09. The number of thioether (sulfide) groups is 1. The molecule has 2 aliphatic heterocycles. The fraction of sp³-hybridized carbons (Fsp3) is 0.619. The maximum atomic E-state index is 13.0. The second kappa shape index (κ2) is 9.28. The molecule has 0 unspecified atom stereocenters. The van der Waals surface area contributed by atoms with Gasteiger partial charge in [0.15, 0.2) is 0 Å². The van der Waals surface area contributed by atoms with Crippen molar-refractivity contribution in [3.8, 4) is 0 Å². The van der Waals surface area contributed by atoms with Gasteiger partial charge >= 0.3 is 0 Å². The van der Waals surface area contributed by atoms with Crippen molar-refractivity contribution in [1.82, 2.24) is 9.62 Å². The first-order valence-electron chi connectivity index (χ1n) is 10.8. The minimum atomic E-state index is -3.58. The summed E-state index contributed by atoms with van der Waals surface area (Å²) in [7, 11) is -3.58. The number of rotatable bonds is 5. The fourth-order valence-corrected chi connectivity index (χ4v) is 6.89. The molecule has 1 aliphatic carbocycles.